The maximum Gasteiger partial charge on any atom is 0.159 e. The van der Waals surface area contributed by atoms with Gasteiger partial charge in [-0.3, -0.25) is 0 Å². The van der Waals surface area contributed by atoms with Gasteiger partial charge in [0.1, 0.15) is 5.75 Å². The highest BCUT2D eigenvalue weighted by atomic mass is 16.5. The zero-order chi connectivity index (χ0) is 14.8. The first-order valence-electron chi connectivity index (χ1n) is 7.39. The number of rotatable bonds is 3. The van der Waals surface area contributed by atoms with Crippen LogP contribution in [-0.4, -0.2) is 30.2 Å². The topological polar surface area (TPSA) is 47.0 Å². The molecule has 21 heavy (non-hydrogen) atoms. The summed E-state index contributed by atoms with van der Waals surface area (Å²) >= 11 is 0. The third-order valence-electron chi connectivity index (χ3n) is 4.14. The van der Waals surface area contributed by atoms with Gasteiger partial charge >= 0.3 is 0 Å². The summed E-state index contributed by atoms with van der Waals surface area (Å²) in [4.78, 5) is 9.45. The van der Waals surface area contributed by atoms with Gasteiger partial charge in [0.2, 0.25) is 0 Å². The molecule has 3 rings (SSSR count). The number of aromatic nitrogens is 2. The summed E-state index contributed by atoms with van der Waals surface area (Å²) in [5, 5.41) is 3.41. The van der Waals surface area contributed by atoms with E-state index in [1.165, 1.54) is 12.0 Å². The van der Waals surface area contributed by atoms with Gasteiger partial charge in [-0.2, -0.15) is 0 Å². The molecule has 0 spiro atoms. The van der Waals surface area contributed by atoms with Crippen LogP contribution in [0.3, 0.4) is 0 Å². The van der Waals surface area contributed by atoms with Crippen LogP contribution >= 0.6 is 0 Å². The van der Waals surface area contributed by atoms with Gasteiger partial charge in [0.15, 0.2) is 5.82 Å². The Morgan fingerprint density at radius 3 is 2.29 bits per heavy atom. The second-order valence-corrected chi connectivity index (χ2v) is 5.55. The van der Waals surface area contributed by atoms with Gasteiger partial charge < -0.3 is 10.1 Å². The second-order valence-electron chi connectivity index (χ2n) is 5.55. The molecule has 0 aliphatic carbocycles. The third kappa shape index (κ3) is 2.76. The van der Waals surface area contributed by atoms with Gasteiger partial charge in [0.25, 0.3) is 0 Å². The first-order chi connectivity index (χ1) is 10.2. The molecule has 1 fully saturated rings. The molecule has 2 aromatic rings. The summed E-state index contributed by atoms with van der Waals surface area (Å²) < 4.78 is 5.19. The summed E-state index contributed by atoms with van der Waals surface area (Å²) in [7, 11) is 1.67. The maximum absolute atomic E-state index is 5.19. The Morgan fingerprint density at radius 1 is 1.10 bits per heavy atom. The molecule has 0 saturated carbocycles. The average molecular weight is 283 g/mol. The molecular formula is C17H21N3O. The van der Waals surface area contributed by atoms with E-state index in [9.17, 15) is 0 Å². The van der Waals surface area contributed by atoms with Crippen LogP contribution in [0.2, 0.25) is 0 Å². The molecule has 1 unspecified atom stereocenters. The lowest BCUT2D eigenvalue weighted by atomic mass is 9.95. The maximum atomic E-state index is 5.19. The van der Waals surface area contributed by atoms with Crippen LogP contribution < -0.4 is 10.1 Å². The standard InChI is InChI=1S/C17H21N3O/c1-11-16(14-8-9-18-10-14)12(2)20-17(19-11)13-4-6-15(21-3)7-5-13/h4-7,14,18H,8-10H2,1-3H3. The van der Waals surface area contributed by atoms with E-state index in [1.54, 1.807) is 7.11 Å². The number of methoxy groups -OCH3 is 1. The van der Waals surface area contributed by atoms with Crippen molar-refractivity contribution in [1.29, 1.82) is 0 Å². The monoisotopic (exact) mass is 283 g/mol. The lowest BCUT2D eigenvalue weighted by Gasteiger charge is -2.16. The van der Waals surface area contributed by atoms with E-state index in [0.717, 1.165) is 41.6 Å². The van der Waals surface area contributed by atoms with Crippen LogP contribution in [0.15, 0.2) is 24.3 Å². The number of aryl methyl sites for hydroxylation is 2. The normalized spacial score (nSPS) is 18.0. The molecule has 0 bridgehead atoms. The van der Waals surface area contributed by atoms with Gasteiger partial charge in [-0.25, -0.2) is 9.97 Å². The van der Waals surface area contributed by atoms with Crippen molar-refractivity contribution in [2.45, 2.75) is 26.2 Å². The van der Waals surface area contributed by atoms with E-state index in [-0.39, 0.29) is 0 Å². The molecule has 110 valence electrons. The van der Waals surface area contributed by atoms with Crippen molar-refractivity contribution in [2.75, 3.05) is 20.2 Å². The molecule has 4 heteroatoms. The molecule has 0 radical (unpaired) electrons. The number of hydrogen-bond acceptors (Lipinski definition) is 4. The van der Waals surface area contributed by atoms with Crippen molar-refractivity contribution < 1.29 is 4.74 Å². The second kappa shape index (κ2) is 5.82. The fourth-order valence-corrected chi connectivity index (χ4v) is 3.09. The molecule has 0 amide bonds. The number of nitrogens with zero attached hydrogens (tertiary/aromatic N) is 2. The van der Waals surface area contributed by atoms with Crippen molar-refractivity contribution in [3.05, 3.63) is 41.2 Å². The molecule has 1 aromatic heterocycles. The minimum atomic E-state index is 0.551. The first kappa shape index (κ1) is 14.0. The Hall–Kier alpha value is -1.94. The number of hydrogen-bond donors (Lipinski definition) is 1. The third-order valence-corrected chi connectivity index (χ3v) is 4.14. The lowest BCUT2D eigenvalue weighted by molar-refractivity contribution is 0.415. The summed E-state index contributed by atoms with van der Waals surface area (Å²) in [6.07, 6.45) is 1.17. The Morgan fingerprint density at radius 2 is 1.76 bits per heavy atom. The van der Waals surface area contributed by atoms with Crippen molar-refractivity contribution in [2.24, 2.45) is 0 Å². The predicted octanol–water partition coefficient (Wildman–Crippen LogP) is 2.85. The molecule has 1 N–H and O–H groups in total. The summed E-state index contributed by atoms with van der Waals surface area (Å²) in [5.41, 5.74) is 4.54. The zero-order valence-corrected chi connectivity index (χ0v) is 12.8. The molecule has 4 nitrogen and oxygen atoms in total. The fourth-order valence-electron chi connectivity index (χ4n) is 3.09. The fraction of sp³-hybridized carbons (Fsp3) is 0.412. The van der Waals surface area contributed by atoms with Crippen LogP contribution in [0.1, 0.15) is 29.3 Å². The Bertz CT molecular complexity index is 608. The number of nitrogens with one attached hydrogen (secondary N) is 1. The quantitative estimate of drug-likeness (QED) is 0.941. The first-order valence-corrected chi connectivity index (χ1v) is 7.39. The predicted molar refractivity (Wildman–Crippen MR) is 83.7 cm³/mol. The van der Waals surface area contributed by atoms with E-state index in [4.69, 9.17) is 14.7 Å². The van der Waals surface area contributed by atoms with Crippen LogP contribution in [-0.2, 0) is 0 Å². The minimum absolute atomic E-state index is 0.551. The molecule has 1 saturated heterocycles. The Balaban J connectivity index is 1.96. The summed E-state index contributed by atoms with van der Waals surface area (Å²) in [5.74, 6) is 2.19. The van der Waals surface area contributed by atoms with Crippen molar-refractivity contribution in [3.63, 3.8) is 0 Å². The van der Waals surface area contributed by atoms with Crippen LogP contribution in [0, 0.1) is 13.8 Å². The molecule has 1 atom stereocenters. The van der Waals surface area contributed by atoms with Gasteiger partial charge in [-0.15, -0.1) is 0 Å². The SMILES string of the molecule is COc1ccc(-c2nc(C)c(C3CCNC3)c(C)n2)cc1. The molecule has 1 aliphatic rings. The number of benzene rings is 1. The molecule has 2 heterocycles. The van der Waals surface area contributed by atoms with E-state index in [1.807, 2.05) is 24.3 Å². The van der Waals surface area contributed by atoms with Gasteiger partial charge in [0, 0.05) is 29.4 Å². The lowest BCUT2D eigenvalue weighted by Crippen LogP contribution is -2.12. The highest BCUT2D eigenvalue weighted by molar-refractivity contribution is 5.57. The van der Waals surface area contributed by atoms with Crippen LogP contribution in [0.5, 0.6) is 5.75 Å². The van der Waals surface area contributed by atoms with Gasteiger partial charge in [-0.05, 0) is 56.6 Å². The van der Waals surface area contributed by atoms with Gasteiger partial charge in [0.05, 0.1) is 7.11 Å². The summed E-state index contributed by atoms with van der Waals surface area (Å²) in [6.45, 7) is 6.31. The average Bonchev–Trinajstić information content (AvgIpc) is 3.00. The van der Waals surface area contributed by atoms with Crippen LogP contribution in [0.25, 0.3) is 11.4 Å². The van der Waals surface area contributed by atoms with Crippen molar-refractivity contribution >= 4 is 0 Å². The molecular weight excluding hydrogens is 262 g/mol. The Kier molecular flexibility index (Phi) is 3.88. The van der Waals surface area contributed by atoms with Crippen LogP contribution in [0.4, 0.5) is 0 Å². The smallest absolute Gasteiger partial charge is 0.159 e. The molecule has 1 aliphatic heterocycles. The van der Waals surface area contributed by atoms with Crippen molar-refractivity contribution in [1.82, 2.24) is 15.3 Å². The highest BCUT2D eigenvalue weighted by Crippen LogP contribution is 2.29. The van der Waals surface area contributed by atoms with E-state index < -0.39 is 0 Å². The number of ether oxygens (including phenoxy) is 1. The van der Waals surface area contributed by atoms with Crippen molar-refractivity contribution in [3.8, 4) is 17.1 Å². The Labute approximate surface area is 125 Å². The van der Waals surface area contributed by atoms with Gasteiger partial charge in [-0.1, -0.05) is 0 Å². The molecule has 1 aromatic carbocycles. The zero-order valence-electron chi connectivity index (χ0n) is 12.8. The van der Waals surface area contributed by atoms with E-state index in [2.05, 4.69) is 19.2 Å². The summed E-state index contributed by atoms with van der Waals surface area (Å²) in [6, 6.07) is 7.89. The highest BCUT2D eigenvalue weighted by Gasteiger charge is 2.22. The minimum Gasteiger partial charge on any atom is -0.497 e. The van der Waals surface area contributed by atoms with E-state index >= 15 is 0 Å². The van der Waals surface area contributed by atoms with E-state index in [0.29, 0.717) is 5.92 Å². The largest absolute Gasteiger partial charge is 0.497 e.